The van der Waals surface area contributed by atoms with Crippen molar-refractivity contribution >= 4 is 51.4 Å². The minimum atomic E-state index is -0.370. The van der Waals surface area contributed by atoms with Crippen LogP contribution in [0.5, 0.6) is 0 Å². The van der Waals surface area contributed by atoms with Crippen LogP contribution in [0.25, 0.3) is 22.3 Å². The molecule has 2 fully saturated rings. The van der Waals surface area contributed by atoms with Crippen molar-refractivity contribution in [2.45, 2.75) is 6.42 Å². The summed E-state index contributed by atoms with van der Waals surface area (Å²) in [6.07, 6.45) is 1.52. The molecular formula is C37H39N9O3. The highest BCUT2D eigenvalue weighted by Crippen LogP contribution is 2.32. The summed E-state index contributed by atoms with van der Waals surface area (Å²) in [6, 6.07) is 23.5. The van der Waals surface area contributed by atoms with Gasteiger partial charge in [-0.2, -0.15) is 10.1 Å². The number of ether oxygens (including phenoxy) is 1. The van der Waals surface area contributed by atoms with E-state index in [-0.39, 0.29) is 23.8 Å². The van der Waals surface area contributed by atoms with Gasteiger partial charge >= 0.3 is 0 Å². The maximum absolute atomic E-state index is 13.8. The van der Waals surface area contributed by atoms with E-state index in [0.717, 1.165) is 67.5 Å². The Balaban J connectivity index is 1.21. The van der Waals surface area contributed by atoms with Crippen LogP contribution in [0.3, 0.4) is 0 Å². The highest BCUT2D eigenvalue weighted by Gasteiger charge is 2.23. The number of aromatic amines is 1. The highest BCUT2D eigenvalue weighted by atomic mass is 16.5. The number of nitrogens with one attached hydrogen (secondary N) is 3. The van der Waals surface area contributed by atoms with Crippen LogP contribution in [0.1, 0.15) is 16.1 Å². The number of nitrogens with zero attached hydrogens (tertiary/aromatic N) is 6. The lowest BCUT2D eigenvalue weighted by Crippen LogP contribution is -2.44. The van der Waals surface area contributed by atoms with E-state index in [2.05, 4.69) is 61.3 Å². The molecule has 49 heavy (non-hydrogen) atoms. The molecule has 0 atom stereocenters. The normalized spacial score (nSPS) is 15.3. The maximum Gasteiger partial charge on any atom is 0.274 e. The van der Waals surface area contributed by atoms with Gasteiger partial charge in [-0.3, -0.25) is 14.7 Å². The SMILES string of the molecule is C=CC(=O)Cc1cccc(-c2nc(Nc3cccc(N4CCN(C)CC4)c3)nc3n[nH]c(C(=O)Nc4ccc(N5CCOCC5)cc4)c23)c1. The quantitative estimate of drug-likeness (QED) is 0.178. The summed E-state index contributed by atoms with van der Waals surface area (Å²) < 4.78 is 5.47. The van der Waals surface area contributed by atoms with E-state index in [1.165, 1.54) is 6.08 Å². The van der Waals surface area contributed by atoms with E-state index in [0.29, 0.717) is 41.6 Å². The van der Waals surface area contributed by atoms with E-state index in [1.54, 1.807) is 0 Å². The zero-order valence-corrected chi connectivity index (χ0v) is 27.5. The number of amides is 1. The van der Waals surface area contributed by atoms with Crippen LogP contribution in [-0.4, -0.2) is 96.3 Å². The predicted octanol–water partition coefficient (Wildman–Crippen LogP) is 4.90. The predicted molar refractivity (Wildman–Crippen MR) is 193 cm³/mol. The summed E-state index contributed by atoms with van der Waals surface area (Å²) >= 11 is 0. The van der Waals surface area contributed by atoms with Crippen LogP contribution in [0, 0.1) is 0 Å². The number of ketones is 1. The van der Waals surface area contributed by atoms with Gasteiger partial charge in [0.1, 0.15) is 5.69 Å². The fraction of sp³-hybridized carbons (Fsp3) is 0.270. The number of benzene rings is 3. The molecule has 7 rings (SSSR count). The van der Waals surface area contributed by atoms with Crippen molar-refractivity contribution in [2.75, 3.05) is 80.0 Å². The first kappa shape index (κ1) is 32.0. The lowest BCUT2D eigenvalue weighted by atomic mass is 10.0. The molecule has 0 spiro atoms. The van der Waals surface area contributed by atoms with Gasteiger partial charge in [0.25, 0.3) is 5.91 Å². The summed E-state index contributed by atoms with van der Waals surface area (Å²) in [5.41, 5.74) is 6.29. The molecule has 2 aromatic heterocycles. The van der Waals surface area contributed by atoms with Crippen LogP contribution in [0.15, 0.2) is 85.5 Å². The van der Waals surface area contributed by atoms with Gasteiger partial charge in [0.2, 0.25) is 5.95 Å². The van der Waals surface area contributed by atoms with Gasteiger partial charge in [-0.1, -0.05) is 30.8 Å². The molecular weight excluding hydrogens is 618 g/mol. The Morgan fingerprint density at radius 3 is 2.41 bits per heavy atom. The van der Waals surface area contributed by atoms with E-state index >= 15 is 0 Å². The summed E-state index contributed by atoms with van der Waals surface area (Å²) in [4.78, 5) is 42.6. The van der Waals surface area contributed by atoms with Gasteiger partial charge in [-0.25, -0.2) is 4.98 Å². The summed E-state index contributed by atoms with van der Waals surface area (Å²) in [7, 11) is 2.14. The van der Waals surface area contributed by atoms with E-state index in [9.17, 15) is 9.59 Å². The third-order valence-electron chi connectivity index (χ3n) is 8.92. The Labute approximate surface area is 284 Å². The van der Waals surface area contributed by atoms with Crippen molar-refractivity contribution in [3.8, 4) is 11.3 Å². The van der Waals surface area contributed by atoms with Crippen molar-refractivity contribution < 1.29 is 14.3 Å². The molecule has 4 heterocycles. The Kier molecular flexibility index (Phi) is 9.31. The summed E-state index contributed by atoms with van der Waals surface area (Å²) in [5, 5.41) is 14.2. The van der Waals surface area contributed by atoms with Crippen molar-refractivity contribution in [1.82, 2.24) is 25.1 Å². The molecule has 2 aliphatic heterocycles. The van der Waals surface area contributed by atoms with E-state index in [4.69, 9.17) is 14.7 Å². The average Bonchev–Trinajstić information content (AvgIpc) is 3.57. The largest absolute Gasteiger partial charge is 0.378 e. The molecule has 3 aromatic carbocycles. The molecule has 0 unspecified atom stereocenters. The number of carbonyl (C=O) groups excluding carboxylic acids is 2. The third kappa shape index (κ3) is 7.30. The van der Waals surface area contributed by atoms with Crippen LogP contribution < -0.4 is 20.4 Å². The van der Waals surface area contributed by atoms with E-state index < -0.39 is 0 Å². The number of H-pyrrole nitrogens is 1. The number of piperazine rings is 1. The number of morpholine rings is 1. The first-order chi connectivity index (χ1) is 23.9. The maximum atomic E-state index is 13.8. The molecule has 250 valence electrons. The molecule has 0 radical (unpaired) electrons. The molecule has 2 saturated heterocycles. The summed E-state index contributed by atoms with van der Waals surface area (Å²) in [6.45, 7) is 10.6. The Hall–Kier alpha value is -5.59. The smallest absolute Gasteiger partial charge is 0.274 e. The zero-order valence-electron chi connectivity index (χ0n) is 27.5. The molecule has 5 aromatic rings. The van der Waals surface area contributed by atoms with Crippen LogP contribution in [0.4, 0.5) is 28.7 Å². The lowest BCUT2D eigenvalue weighted by Gasteiger charge is -2.34. The lowest BCUT2D eigenvalue weighted by molar-refractivity contribution is -0.114. The zero-order chi connectivity index (χ0) is 33.7. The van der Waals surface area contributed by atoms with Gasteiger partial charge in [-0.15, -0.1) is 0 Å². The summed E-state index contributed by atoms with van der Waals surface area (Å²) in [5.74, 6) is -0.122. The molecule has 3 N–H and O–H groups in total. The van der Waals surface area contributed by atoms with Gasteiger partial charge < -0.3 is 30.1 Å². The Bertz CT molecular complexity index is 1980. The van der Waals surface area contributed by atoms with Gasteiger partial charge in [-0.05, 0) is 67.2 Å². The van der Waals surface area contributed by atoms with Crippen molar-refractivity contribution in [3.63, 3.8) is 0 Å². The number of likely N-dealkylation sites (N-methyl/N-ethyl adjacent to an activating group) is 1. The molecule has 0 aliphatic carbocycles. The van der Waals surface area contributed by atoms with Crippen molar-refractivity contribution in [3.05, 3.63) is 96.7 Å². The van der Waals surface area contributed by atoms with E-state index in [1.807, 2.05) is 60.7 Å². The van der Waals surface area contributed by atoms with Crippen LogP contribution in [-0.2, 0) is 16.0 Å². The first-order valence-electron chi connectivity index (χ1n) is 16.5. The highest BCUT2D eigenvalue weighted by molar-refractivity contribution is 6.14. The third-order valence-corrected chi connectivity index (χ3v) is 8.92. The second-order valence-corrected chi connectivity index (χ2v) is 12.3. The molecule has 1 amide bonds. The molecule has 12 nitrogen and oxygen atoms in total. The Morgan fingerprint density at radius 1 is 0.878 bits per heavy atom. The average molecular weight is 658 g/mol. The van der Waals surface area contributed by atoms with Crippen LogP contribution >= 0.6 is 0 Å². The van der Waals surface area contributed by atoms with Gasteiger partial charge in [0.15, 0.2) is 11.4 Å². The fourth-order valence-electron chi connectivity index (χ4n) is 6.20. The number of hydrogen-bond acceptors (Lipinski definition) is 10. The number of rotatable bonds is 10. The van der Waals surface area contributed by atoms with Crippen molar-refractivity contribution in [1.29, 1.82) is 0 Å². The minimum Gasteiger partial charge on any atom is -0.378 e. The van der Waals surface area contributed by atoms with Gasteiger partial charge in [0.05, 0.1) is 24.3 Å². The molecule has 2 aliphatic rings. The number of hydrogen-bond donors (Lipinski definition) is 3. The fourth-order valence-corrected chi connectivity index (χ4v) is 6.20. The van der Waals surface area contributed by atoms with Gasteiger partial charge in [0, 0.05) is 74.0 Å². The van der Waals surface area contributed by atoms with Crippen molar-refractivity contribution in [2.24, 2.45) is 0 Å². The first-order valence-corrected chi connectivity index (χ1v) is 16.5. The monoisotopic (exact) mass is 657 g/mol. The number of aromatic nitrogens is 4. The molecule has 0 saturated carbocycles. The molecule has 12 heteroatoms. The Morgan fingerprint density at radius 2 is 1.63 bits per heavy atom. The number of allylic oxidation sites excluding steroid dienone is 1. The number of fused-ring (bicyclic) bond motifs is 1. The second-order valence-electron chi connectivity index (χ2n) is 12.3. The molecule has 0 bridgehead atoms. The van der Waals surface area contributed by atoms with Crippen LogP contribution in [0.2, 0.25) is 0 Å². The minimum absolute atomic E-state index is 0.0874. The number of anilines is 5. The topological polar surface area (TPSA) is 132 Å². The number of carbonyl (C=O) groups is 2. The second kappa shape index (κ2) is 14.3. The standard InChI is InChI=1S/C37H39N9O3/c1-3-31(47)23-25-6-4-7-26(22-25)33-32-34(36(48)38-27-10-12-29(13-11-27)46-18-20-49-21-19-46)42-43-35(32)41-37(40-33)39-28-8-5-9-30(24-28)45-16-14-44(2)15-17-45/h3-13,22,24H,1,14-21,23H2,2H3,(H,38,48)(H2,39,40,41,42,43).